The van der Waals surface area contributed by atoms with Crippen molar-refractivity contribution in [3.63, 3.8) is 0 Å². The molecule has 0 saturated heterocycles. The molecule has 0 aromatic heterocycles. The molecule has 0 spiro atoms. The first-order valence-corrected chi connectivity index (χ1v) is 11.9. The van der Waals surface area contributed by atoms with Gasteiger partial charge in [-0.05, 0) is 61.4 Å². The summed E-state index contributed by atoms with van der Waals surface area (Å²) in [6, 6.07) is 14.4. The van der Waals surface area contributed by atoms with E-state index in [1.807, 2.05) is 12.1 Å². The van der Waals surface area contributed by atoms with Gasteiger partial charge in [0.25, 0.3) is 0 Å². The molecule has 0 aliphatic carbocycles. The highest BCUT2D eigenvalue weighted by molar-refractivity contribution is 6.30. The zero-order chi connectivity index (χ0) is 25.5. The molecule has 10 nitrogen and oxygen atoms in total. The Morgan fingerprint density at radius 3 is 1.69 bits per heavy atom. The van der Waals surface area contributed by atoms with Crippen molar-refractivity contribution >= 4 is 58.3 Å². The minimum absolute atomic E-state index is 0.127. The maximum atomic E-state index is 5.89. The van der Waals surface area contributed by atoms with Crippen molar-refractivity contribution in [2.75, 3.05) is 30.3 Å². The summed E-state index contributed by atoms with van der Waals surface area (Å²) in [5.74, 6) is 0.805. The van der Waals surface area contributed by atoms with E-state index in [4.69, 9.17) is 46.1 Å². The van der Waals surface area contributed by atoms with Crippen LogP contribution in [0, 0.1) is 0 Å². The predicted octanol–water partition coefficient (Wildman–Crippen LogP) is 3.38. The van der Waals surface area contributed by atoms with Crippen LogP contribution in [0.2, 0.25) is 10.0 Å². The molecule has 0 aliphatic rings. The molecule has 0 atom stereocenters. The maximum absolute atomic E-state index is 5.89. The van der Waals surface area contributed by atoms with E-state index in [0.717, 1.165) is 37.1 Å². The Balaban J connectivity index is 1.58. The zero-order valence-corrected chi connectivity index (χ0v) is 20.9. The van der Waals surface area contributed by atoms with Crippen LogP contribution in [0.5, 0.6) is 0 Å². The van der Waals surface area contributed by atoms with E-state index >= 15 is 0 Å². The number of amidine groups is 1. The first-order chi connectivity index (χ1) is 16.8. The van der Waals surface area contributed by atoms with E-state index in [-0.39, 0.29) is 17.9 Å². The lowest BCUT2D eigenvalue weighted by Gasteiger charge is -2.06. The number of hydrogen-bond donors (Lipinski definition) is 6. The lowest BCUT2D eigenvalue weighted by Crippen LogP contribution is -2.26. The minimum atomic E-state index is 0.127. The van der Waals surface area contributed by atoms with Crippen molar-refractivity contribution in [1.82, 2.24) is 0 Å². The second-order valence-electron chi connectivity index (χ2n) is 7.49. The summed E-state index contributed by atoms with van der Waals surface area (Å²) in [4.78, 5) is 16.6. The van der Waals surface area contributed by atoms with E-state index in [0.29, 0.717) is 35.5 Å². The van der Waals surface area contributed by atoms with Gasteiger partial charge >= 0.3 is 0 Å². The highest BCUT2D eigenvalue weighted by atomic mass is 35.5. The smallest absolute Gasteiger partial charge is 0.218 e. The topological polar surface area (TPSA) is 178 Å². The molecule has 35 heavy (non-hydrogen) atoms. The van der Waals surface area contributed by atoms with E-state index in [1.54, 1.807) is 36.4 Å². The third kappa shape index (κ3) is 12.5. The molecular weight excluding hydrogens is 487 g/mol. The predicted molar refractivity (Wildman–Crippen MR) is 150 cm³/mol. The summed E-state index contributed by atoms with van der Waals surface area (Å²) < 4.78 is 0. The fraction of sp³-hybridized carbons (Fsp3) is 0.304. The van der Waals surface area contributed by atoms with Crippen molar-refractivity contribution in [2.45, 2.75) is 25.7 Å². The summed E-state index contributed by atoms with van der Waals surface area (Å²) in [5.41, 5.74) is 25.0. The van der Waals surface area contributed by atoms with E-state index in [2.05, 4.69) is 30.6 Å². The molecule has 188 valence electrons. The van der Waals surface area contributed by atoms with Crippen molar-refractivity contribution in [3.05, 3.63) is 58.6 Å². The first-order valence-electron chi connectivity index (χ1n) is 11.1. The van der Waals surface area contributed by atoms with E-state index in [1.165, 1.54) is 0 Å². The summed E-state index contributed by atoms with van der Waals surface area (Å²) in [7, 11) is 0. The Morgan fingerprint density at radius 1 is 0.657 bits per heavy atom. The zero-order valence-electron chi connectivity index (χ0n) is 19.4. The standard InChI is InChI=1S/C23H32Cl2N10/c24-16-5-9-18(10-6-16)32-15-20(26)34-21(27)30-13-3-1-2-4-14-31-22(28)35-23(29)33-19-11-7-17(25)8-12-19/h5-12,32H,1-4,13-15H2,(H4,26,27,30,34)(H5,28,29,31,33,35). The number of rotatable bonds is 11. The van der Waals surface area contributed by atoms with Gasteiger partial charge in [0.05, 0.1) is 6.54 Å². The number of guanidine groups is 3. The number of hydrogen-bond acceptors (Lipinski definition) is 3. The molecule has 0 radical (unpaired) electrons. The third-order valence-corrected chi connectivity index (χ3v) is 5.05. The Kier molecular flexibility index (Phi) is 12.2. The molecule has 2 aromatic carbocycles. The molecule has 0 amide bonds. The number of nitrogens with one attached hydrogen (secondary N) is 2. The number of halogens is 2. The van der Waals surface area contributed by atoms with Gasteiger partial charge in [0, 0.05) is 34.5 Å². The van der Waals surface area contributed by atoms with E-state index in [9.17, 15) is 0 Å². The van der Waals surface area contributed by atoms with Crippen LogP contribution in [0.4, 0.5) is 11.4 Å². The van der Waals surface area contributed by atoms with Crippen molar-refractivity contribution in [2.24, 2.45) is 42.9 Å². The highest BCUT2D eigenvalue weighted by Gasteiger charge is 1.99. The van der Waals surface area contributed by atoms with Gasteiger partial charge in [-0.2, -0.15) is 9.98 Å². The second kappa shape index (κ2) is 15.4. The molecule has 0 aliphatic heterocycles. The number of nitrogens with two attached hydrogens (primary N) is 4. The Morgan fingerprint density at radius 2 is 1.14 bits per heavy atom. The normalized spacial score (nSPS) is 13.1. The second-order valence-corrected chi connectivity index (χ2v) is 8.36. The molecule has 0 fully saturated rings. The molecular formula is C23H32Cl2N10. The summed E-state index contributed by atoms with van der Waals surface area (Å²) in [6.45, 7) is 1.50. The summed E-state index contributed by atoms with van der Waals surface area (Å²) in [6.07, 6.45) is 3.72. The minimum Gasteiger partial charge on any atom is -0.386 e. The summed E-state index contributed by atoms with van der Waals surface area (Å²) in [5, 5.41) is 7.37. The largest absolute Gasteiger partial charge is 0.386 e. The number of aliphatic imine (C=N–C) groups is 4. The van der Waals surface area contributed by atoms with Crippen LogP contribution in [-0.4, -0.2) is 43.3 Å². The lowest BCUT2D eigenvalue weighted by molar-refractivity contribution is 0.653. The lowest BCUT2D eigenvalue weighted by atomic mass is 10.2. The van der Waals surface area contributed by atoms with Gasteiger partial charge in [0.2, 0.25) is 17.9 Å². The molecule has 0 bridgehead atoms. The summed E-state index contributed by atoms with van der Waals surface area (Å²) >= 11 is 11.7. The van der Waals surface area contributed by atoms with Crippen LogP contribution in [0.15, 0.2) is 68.5 Å². The van der Waals surface area contributed by atoms with Gasteiger partial charge in [0.1, 0.15) is 5.84 Å². The average molecular weight is 519 g/mol. The molecule has 10 N–H and O–H groups in total. The fourth-order valence-corrected chi connectivity index (χ4v) is 3.07. The number of benzene rings is 2. The van der Waals surface area contributed by atoms with Crippen molar-refractivity contribution in [1.29, 1.82) is 0 Å². The third-order valence-electron chi connectivity index (χ3n) is 4.54. The molecule has 0 heterocycles. The Bertz CT molecular complexity index is 1030. The van der Waals surface area contributed by atoms with Gasteiger partial charge in [-0.1, -0.05) is 36.0 Å². The Labute approximate surface area is 215 Å². The monoisotopic (exact) mass is 518 g/mol. The molecule has 2 aromatic rings. The quantitative estimate of drug-likeness (QED) is 0.151. The van der Waals surface area contributed by atoms with Gasteiger partial charge in [-0.15, -0.1) is 0 Å². The fourth-order valence-electron chi connectivity index (χ4n) is 2.81. The molecule has 12 heteroatoms. The average Bonchev–Trinajstić information content (AvgIpc) is 2.81. The molecule has 0 saturated carbocycles. The van der Waals surface area contributed by atoms with Gasteiger partial charge in [-0.25, -0.2) is 0 Å². The number of unbranched alkanes of at least 4 members (excludes halogenated alkanes) is 3. The SMILES string of the molecule is NC(CNc1ccc(Cl)cc1)=NC(N)=NCCCCCCN=C(N)N=C(N)Nc1ccc(Cl)cc1. The van der Waals surface area contributed by atoms with Crippen LogP contribution in [-0.2, 0) is 0 Å². The van der Waals surface area contributed by atoms with Crippen LogP contribution >= 0.6 is 23.2 Å². The van der Waals surface area contributed by atoms with Crippen LogP contribution in [0.3, 0.4) is 0 Å². The number of nitrogens with zero attached hydrogens (tertiary/aromatic N) is 4. The van der Waals surface area contributed by atoms with Gasteiger partial charge in [-0.3, -0.25) is 9.98 Å². The molecule has 0 unspecified atom stereocenters. The first kappa shape index (κ1) is 27.7. The van der Waals surface area contributed by atoms with Gasteiger partial charge in [0.15, 0.2) is 0 Å². The van der Waals surface area contributed by atoms with Crippen LogP contribution < -0.4 is 33.6 Å². The number of anilines is 2. The van der Waals surface area contributed by atoms with Crippen LogP contribution in [0.25, 0.3) is 0 Å². The highest BCUT2D eigenvalue weighted by Crippen LogP contribution is 2.13. The molecule has 2 rings (SSSR count). The van der Waals surface area contributed by atoms with Crippen molar-refractivity contribution in [3.8, 4) is 0 Å². The van der Waals surface area contributed by atoms with Crippen LogP contribution in [0.1, 0.15) is 25.7 Å². The van der Waals surface area contributed by atoms with Gasteiger partial charge < -0.3 is 33.6 Å². The van der Waals surface area contributed by atoms with Crippen molar-refractivity contribution < 1.29 is 0 Å². The Hall–Kier alpha value is -3.50. The van der Waals surface area contributed by atoms with E-state index < -0.39 is 0 Å². The maximum Gasteiger partial charge on any atom is 0.218 e.